The van der Waals surface area contributed by atoms with Gasteiger partial charge < -0.3 is 15.0 Å². The Balaban J connectivity index is 1.25. The molecule has 1 saturated carbocycles. The summed E-state index contributed by atoms with van der Waals surface area (Å²) in [6.45, 7) is 9.81. The number of amidine groups is 1. The van der Waals surface area contributed by atoms with Crippen LogP contribution in [-0.4, -0.2) is 53.3 Å². The second-order valence-corrected chi connectivity index (χ2v) is 12.7. The predicted molar refractivity (Wildman–Crippen MR) is 161 cm³/mol. The molecule has 2 atom stereocenters. The first kappa shape index (κ1) is 27.6. The summed E-state index contributed by atoms with van der Waals surface area (Å²) in [7, 11) is 3.43. The molecule has 216 valence electrons. The third-order valence-electron chi connectivity index (χ3n) is 8.16. The van der Waals surface area contributed by atoms with E-state index in [2.05, 4.69) is 22.4 Å². The summed E-state index contributed by atoms with van der Waals surface area (Å²) in [5, 5.41) is 3.34. The monoisotopic (exact) mass is 565 g/mol. The molecule has 3 heterocycles. The fourth-order valence-corrected chi connectivity index (χ4v) is 6.06. The third kappa shape index (κ3) is 4.44. The molecule has 3 aromatic rings. The zero-order valence-corrected chi connectivity index (χ0v) is 25.0. The van der Waals surface area contributed by atoms with Crippen LogP contribution in [0.4, 0.5) is 16.3 Å². The molecule has 1 fully saturated rings. The van der Waals surface area contributed by atoms with Gasteiger partial charge >= 0.3 is 6.09 Å². The van der Waals surface area contributed by atoms with Gasteiger partial charge in [0.15, 0.2) is 0 Å². The second kappa shape index (κ2) is 9.51. The van der Waals surface area contributed by atoms with Crippen LogP contribution < -0.4 is 10.2 Å². The van der Waals surface area contributed by atoms with Crippen LogP contribution in [0.5, 0.6) is 0 Å². The van der Waals surface area contributed by atoms with Crippen LogP contribution in [0.3, 0.4) is 0 Å². The number of nitrogens with one attached hydrogen (secondary N) is 1. The van der Waals surface area contributed by atoms with Gasteiger partial charge in [0.1, 0.15) is 17.3 Å². The Kier molecular flexibility index (Phi) is 6.25. The topological polar surface area (TPSA) is 104 Å². The van der Waals surface area contributed by atoms with Gasteiger partial charge in [-0.25, -0.2) is 14.7 Å². The molecule has 42 heavy (non-hydrogen) atoms. The molecule has 0 saturated heterocycles. The van der Waals surface area contributed by atoms with E-state index in [-0.39, 0.29) is 17.7 Å². The molecule has 6 rings (SSSR count). The lowest BCUT2D eigenvalue weighted by atomic mass is 9.90. The van der Waals surface area contributed by atoms with Crippen LogP contribution in [-0.2, 0) is 21.5 Å². The summed E-state index contributed by atoms with van der Waals surface area (Å²) in [5.74, 6) is 0.996. The lowest BCUT2D eigenvalue weighted by Gasteiger charge is -2.24. The number of nitrogens with zero attached hydrogens (tertiary/aromatic N) is 4. The number of fused-ring (bicyclic) bond motifs is 3. The molecule has 1 aliphatic carbocycles. The summed E-state index contributed by atoms with van der Waals surface area (Å²) in [5.41, 5.74) is 5.52. The average Bonchev–Trinajstić information content (AvgIpc) is 3.48. The van der Waals surface area contributed by atoms with Gasteiger partial charge in [0.2, 0.25) is 5.91 Å². The molecule has 9 nitrogen and oxygen atoms in total. The van der Waals surface area contributed by atoms with Crippen molar-refractivity contribution < 1.29 is 19.1 Å². The number of benzene rings is 2. The highest BCUT2D eigenvalue weighted by atomic mass is 16.6. The minimum absolute atomic E-state index is 0.0500. The highest BCUT2D eigenvalue weighted by Crippen LogP contribution is 2.66. The molecule has 2 aromatic carbocycles. The number of hydrogen-bond donors (Lipinski definition) is 1. The predicted octanol–water partition coefficient (Wildman–Crippen LogP) is 5.48. The first-order valence-corrected chi connectivity index (χ1v) is 14.1. The van der Waals surface area contributed by atoms with Crippen LogP contribution >= 0.6 is 0 Å². The Morgan fingerprint density at radius 1 is 1.10 bits per heavy atom. The van der Waals surface area contributed by atoms with Crippen molar-refractivity contribution in [2.75, 3.05) is 24.3 Å². The average molecular weight is 566 g/mol. The summed E-state index contributed by atoms with van der Waals surface area (Å²) in [6, 6.07) is 13.8. The van der Waals surface area contributed by atoms with Crippen molar-refractivity contribution >= 4 is 35.2 Å². The van der Waals surface area contributed by atoms with Gasteiger partial charge in [-0.2, -0.15) is 0 Å². The second-order valence-electron chi connectivity index (χ2n) is 12.7. The third-order valence-corrected chi connectivity index (χ3v) is 8.16. The molecule has 9 heteroatoms. The molecule has 3 aliphatic rings. The number of anilines is 2. The maximum Gasteiger partial charge on any atom is 0.421 e. The molecule has 0 radical (unpaired) electrons. The normalized spacial score (nSPS) is 20.3. The molecule has 0 bridgehead atoms. The number of carbonyl (C=O) groups is 3. The van der Waals surface area contributed by atoms with E-state index in [1.165, 1.54) is 9.80 Å². The fourth-order valence-electron chi connectivity index (χ4n) is 6.06. The van der Waals surface area contributed by atoms with Crippen molar-refractivity contribution in [2.45, 2.75) is 64.5 Å². The van der Waals surface area contributed by atoms with Gasteiger partial charge in [0, 0.05) is 31.8 Å². The number of rotatable bonds is 3. The molecular weight excluding hydrogens is 530 g/mol. The Hall–Kier alpha value is -4.53. The number of imide groups is 1. The van der Waals surface area contributed by atoms with Crippen LogP contribution in [0.25, 0.3) is 0 Å². The van der Waals surface area contributed by atoms with E-state index in [4.69, 9.17) is 9.73 Å². The maximum atomic E-state index is 14.0. The number of hydrogen-bond acceptors (Lipinski definition) is 7. The standard InChI is InChI=1S/C33H35N5O4/c1-18-8-11-26-24(12-18)33(30(40)38(26)31(41)42-32(3,4)5)15-25(33)20-9-10-23-21(14-20)16-35-28(23)36-27-19(2)13-22(17-34-27)29(39)37(6)7/h8-14,17,25H,15-16H2,1-7H3,(H,34,35,36)/t25-,33-/m0/s1. The van der Waals surface area contributed by atoms with Crippen LogP contribution in [0, 0.1) is 13.8 Å². The number of aliphatic imine (C=N–C) groups is 1. The highest BCUT2D eigenvalue weighted by molar-refractivity contribution is 6.23. The molecule has 1 N–H and O–H groups in total. The van der Waals surface area contributed by atoms with E-state index in [0.29, 0.717) is 30.0 Å². The van der Waals surface area contributed by atoms with Crippen molar-refractivity contribution in [1.29, 1.82) is 0 Å². The van der Waals surface area contributed by atoms with Crippen molar-refractivity contribution in [2.24, 2.45) is 4.99 Å². The van der Waals surface area contributed by atoms with Crippen LogP contribution in [0.1, 0.15) is 76.8 Å². The zero-order chi connectivity index (χ0) is 30.1. The fraction of sp³-hybridized carbons (Fsp3) is 0.364. The minimum Gasteiger partial charge on any atom is -0.443 e. The van der Waals surface area contributed by atoms with Gasteiger partial charge in [0.25, 0.3) is 5.91 Å². The molecule has 2 aliphatic heterocycles. The van der Waals surface area contributed by atoms with E-state index < -0.39 is 17.1 Å². The molecule has 1 spiro atoms. The Labute approximate surface area is 245 Å². The van der Waals surface area contributed by atoms with Crippen molar-refractivity contribution in [3.05, 3.63) is 87.6 Å². The van der Waals surface area contributed by atoms with Gasteiger partial charge in [-0.1, -0.05) is 35.9 Å². The molecular formula is C33H35N5O4. The number of carbonyl (C=O) groups excluding carboxylic acids is 3. The molecule has 3 amide bonds. The molecule has 1 aromatic heterocycles. The first-order valence-electron chi connectivity index (χ1n) is 14.1. The van der Waals surface area contributed by atoms with Crippen LogP contribution in [0.15, 0.2) is 53.7 Å². The van der Waals surface area contributed by atoms with E-state index in [1.54, 1.807) is 41.1 Å². The molecule has 0 unspecified atom stereocenters. The lowest BCUT2D eigenvalue weighted by molar-refractivity contribution is -0.120. The smallest absolute Gasteiger partial charge is 0.421 e. The SMILES string of the molecule is Cc1ccc2c(c1)[C@]1(C[C@H]1c1ccc3c(c1)CN=C3Nc1ncc(C(=O)N(C)C)cc1C)C(=O)N2C(=O)OC(C)(C)C. The van der Waals surface area contributed by atoms with E-state index >= 15 is 0 Å². The van der Waals surface area contributed by atoms with Gasteiger partial charge in [-0.05, 0) is 75.4 Å². The van der Waals surface area contributed by atoms with Gasteiger partial charge in [-0.3, -0.25) is 14.6 Å². The highest BCUT2D eigenvalue weighted by Gasteiger charge is 2.68. The number of aryl methyl sites for hydroxylation is 2. The minimum atomic E-state index is -0.778. The van der Waals surface area contributed by atoms with Gasteiger partial charge in [0.05, 0.1) is 23.2 Å². The van der Waals surface area contributed by atoms with Crippen LogP contribution in [0.2, 0.25) is 0 Å². The van der Waals surface area contributed by atoms with E-state index in [1.807, 2.05) is 44.2 Å². The largest absolute Gasteiger partial charge is 0.443 e. The van der Waals surface area contributed by atoms with Crippen molar-refractivity contribution in [1.82, 2.24) is 9.88 Å². The first-order chi connectivity index (χ1) is 19.8. The number of amides is 3. The number of pyridine rings is 1. The summed E-state index contributed by atoms with van der Waals surface area (Å²) < 4.78 is 5.62. The summed E-state index contributed by atoms with van der Waals surface area (Å²) in [4.78, 5) is 51.4. The quantitative estimate of drug-likeness (QED) is 0.451. The Morgan fingerprint density at radius 3 is 2.55 bits per heavy atom. The Bertz CT molecular complexity index is 1700. The number of ether oxygens (including phenoxy) is 1. The lowest BCUT2D eigenvalue weighted by Crippen LogP contribution is -2.41. The summed E-state index contributed by atoms with van der Waals surface area (Å²) in [6.07, 6.45) is 1.57. The maximum absolute atomic E-state index is 14.0. The van der Waals surface area contributed by atoms with E-state index in [0.717, 1.165) is 39.2 Å². The van der Waals surface area contributed by atoms with Crippen molar-refractivity contribution in [3.8, 4) is 0 Å². The number of aromatic nitrogens is 1. The zero-order valence-electron chi connectivity index (χ0n) is 25.0. The Morgan fingerprint density at radius 2 is 1.86 bits per heavy atom. The van der Waals surface area contributed by atoms with Gasteiger partial charge in [-0.15, -0.1) is 0 Å². The van der Waals surface area contributed by atoms with Crippen molar-refractivity contribution in [3.63, 3.8) is 0 Å². The van der Waals surface area contributed by atoms with E-state index in [9.17, 15) is 14.4 Å². The summed E-state index contributed by atoms with van der Waals surface area (Å²) >= 11 is 0.